The molecule has 0 aliphatic heterocycles. The van der Waals surface area contributed by atoms with E-state index < -0.39 is 6.29 Å². The quantitative estimate of drug-likeness (QED) is 0.0272. The number of carbonyl (C=O) groups is 1. The monoisotopic (exact) mass is 840 g/mol. The van der Waals surface area contributed by atoms with E-state index in [9.17, 15) is 9.90 Å². The van der Waals surface area contributed by atoms with Gasteiger partial charge >= 0.3 is 5.97 Å². The molecular weight excluding hydrogens is 739 g/mol. The molecule has 0 spiro atoms. The van der Waals surface area contributed by atoms with Crippen LogP contribution in [0.2, 0.25) is 0 Å². The predicted molar refractivity (Wildman–Crippen MR) is 256 cm³/mol. The van der Waals surface area contributed by atoms with Crippen LogP contribution in [-0.4, -0.2) is 84.8 Å². The maximum atomic E-state index is 12.5. The van der Waals surface area contributed by atoms with Crippen molar-refractivity contribution in [3.63, 3.8) is 0 Å². The first-order valence-electron chi connectivity index (χ1n) is 25.5. The molecule has 58 heavy (non-hydrogen) atoms. The van der Waals surface area contributed by atoms with Crippen molar-refractivity contribution in [2.45, 2.75) is 271 Å². The molecule has 0 saturated carbocycles. The van der Waals surface area contributed by atoms with Gasteiger partial charge in [-0.2, -0.15) is 0 Å². The highest BCUT2D eigenvalue weighted by Gasteiger charge is 2.15. The molecule has 0 aromatic rings. The molecule has 346 valence electrons. The molecule has 0 radical (unpaired) electrons. The second-order valence-electron chi connectivity index (χ2n) is 17.8. The van der Waals surface area contributed by atoms with Crippen molar-refractivity contribution in [2.24, 2.45) is 0 Å². The molecule has 0 aliphatic rings. The molecule has 0 heterocycles. The lowest BCUT2D eigenvalue weighted by Crippen LogP contribution is -2.36. The summed E-state index contributed by atoms with van der Waals surface area (Å²) in [5.74, 6) is 0.00197. The standard InChI is InChI=1S/C50H101N3O4S/c1-7-11-14-17-22-29-37-46(10-4)56-48(54)40-32-25-20-27-34-43-53(45-36-42-51-50(58)52(5)6)44-35-28-21-26-33-41-49(55)57-47(38-30-23-18-15-12-8-2)39-31-24-19-16-13-9-3/h46-47,49,55H,7-45H2,1-6H3,(H,51,58). The topological polar surface area (TPSA) is 74.3 Å². The van der Waals surface area contributed by atoms with Crippen molar-refractivity contribution in [3.05, 3.63) is 0 Å². The van der Waals surface area contributed by atoms with E-state index in [2.05, 4.69) is 37.9 Å². The summed E-state index contributed by atoms with van der Waals surface area (Å²) in [7, 11) is 3.98. The fourth-order valence-corrected chi connectivity index (χ4v) is 8.03. The third kappa shape index (κ3) is 39.2. The summed E-state index contributed by atoms with van der Waals surface area (Å²) in [6.07, 6.45) is 41.2. The Labute approximate surface area is 367 Å². The summed E-state index contributed by atoms with van der Waals surface area (Å²) >= 11 is 5.42. The summed E-state index contributed by atoms with van der Waals surface area (Å²) < 4.78 is 12.1. The van der Waals surface area contributed by atoms with E-state index in [0.29, 0.717) is 6.42 Å². The number of esters is 1. The summed E-state index contributed by atoms with van der Waals surface area (Å²) in [5, 5.41) is 15.0. The number of rotatable bonds is 45. The molecule has 8 heteroatoms. The molecule has 0 fully saturated rings. The lowest BCUT2D eigenvalue weighted by atomic mass is 10.0. The van der Waals surface area contributed by atoms with Gasteiger partial charge < -0.3 is 29.7 Å². The minimum Gasteiger partial charge on any atom is -0.462 e. The van der Waals surface area contributed by atoms with Gasteiger partial charge in [-0.1, -0.05) is 175 Å². The highest BCUT2D eigenvalue weighted by atomic mass is 32.1. The molecular formula is C50H101N3O4S. The van der Waals surface area contributed by atoms with E-state index in [1.54, 1.807) is 0 Å². The Bertz CT molecular complexity index is 862. The smallest absolute Gasteiger partial charge is 0.306 e. The highest BCUT2D eigenvalue weighted by molar-refractivity contribution is 7.80. The number of unbranched alkanes of at least 4 members (excludes halogenated alkanes) is 23. The number of aliphatic hydroxyl groups excluding tert-OH is 1. The number of hydrogen-bond acceptors (Lipinski definition) is 6. The van der Waals surface area contributed by atoms with Gasteiger partial charge in [0.15, 0.2) is 11.4 Å². The van der Waals surface area contributed by atoms with Crippen LogP contribution in [0.1, 0.15) is 252 Å². The van der Waals surface area contributed by atoms with Crippen LogP contribution < -0.4 is 5.32 Å². The van der Waals surface area contributed by atoms with Gasteiger partial charge in [0.05, 0.1) is 6.10 Å². The van der Waals surface area contributed by atoms with Crippen LogP contribution in [0.4, 0.5) is 0 Å². The second kappa shape index (κ2) is 44.1. The lowest BCUT2D eigenvalue weighted by Gasteiger charge is -2.23. The average Bonchev–Trinajstić information content (AvgIpc) is 3.21. The van der Waals surface area contributed by atoms with Crippen molar-refractivity contribution < 1.29 is 19.4 Å². The molecule has 0 bridgehead atoms. The van der Waals surface area contributed by atoms with Gasteiger partial charge in [-0.25, -0.2) is 0 Å². The zero-order valence-corrected chi connectivity index (χ0v) is 40.6. The Morgan fingerprint density at radius 3 is 1.40 bits per heavy atom. The molecule has 2 unspecified atom stereocenters. The number of nitrogens with one attached hydrogen (secondary N) is 1. The largest absolute Gasteiger partial charge is 0.462 e. The van der Waals surface area contributed by atoms with E-state index >= 15 is 0 Å². The van der Waals surface area contributed by atoms with E-state index in [1.807, 2.05) is 19.0 Å². The van der Waals surface area contributed by atoms with Crippen LogP contribution in [0.3, 0.4) is 0 Å². The third-order valence-electron chi connectivity index (χ3n) is 11.9. The predicted octanol–water partition coefficient (Wildman–Crippen LogP) is 14.1. The number of aliphatic hydroxyl groups is 1. The molecule has 0 saturated heterocycles. The minimum absolute atomic E-state index is 0.00197. The van der Waals surface area contributed by atoms with Crippen molar-refractivity contribution in [1.29, 1.82) is 0 Å². The van der Waals surface area contributed by atoms with Gasteiger partial charge in [0.25, 0.3) is 0 Å². The molecule has 0 aliphatic carbocycles. The molecule has 2 atom stereocenters. The number of ether oxygens (including phenoxy) is 2. The van der Waals surface area contributed by atoms with E-state index in [4.69, 9.17) is 21.7 Å². The Kier molecular flexibility index (Phi) is 43.4. The van der Waals surface area contributed by atoms with Crippen LogP contribution in [0.5, 0.6) is 0 Å². The van der Waals surface area contributed by atoms with E-state index in [-0.39, 0.29) is 18.2 Å². The molecule has 0 aromatic heterocycles. The molecule has 0 aromatic carbocycles. The van der Waals surface area contributed by atoms with Gasteiger partial charge in [-0.15, -0.1) is 0 Å². The normalized spacial score (nSPS) is 12.7. The Morgan fingerprint density at radius 2 is 0.931 bits per heavy atom. The van der Waals surface area contributed by atoms with Gasteiger partial charge in [-0.3, -0.25) is 4.79 Å². The van der Waals surface area contributed by atoms with E-state index in [0.717, 1.165) is 95.5 Å². The van der Waals surface area contributed by atoms with E-state index in [1.165, 1.54) is 154 Å². The highest BCUT2D eigenvalue weighted by Crippen LogP contribution is 2.20. The average molecular weight is 840 g/mol. The van der Waals surface area contributed by atoms with Gasteiger partial charge in [0.2, 0.25) is 0 Å². The number of carbonyl (C=O) groups excluding carboxylic acids is 1. The van der Waals surface area contributed by atoms with Crippen molar-refractivity contribution in [3.8, 4) is 0 Å². The fraction of sp³-hybridized carbons (Fsp3) is 0.960. The Morgan fingerprint density at radius 1 is 0.534 bits per heavy atom. The zero-order chi connectivity index (χ0) is 42.7. The van der Waals surface area contributed by atoms with Crippen LogP contribution in [0, 0.1) is 0 Å². The van der Waals surface area contributed by atoms with Gasteiger partial charge in [-0.05, 0) is 102 Å². The van der Waals surface area contributed by atoms with Crippen LogP contribution in [-0.2, 0) is 14.3 Å². The summed E-state index contributed by atoms with van der Waals surface area (Å²) in [6, 6.07) is 0. The zero-order valence-electron chi connectivity index (χ0n) is 39.8. The number of thiocarbonyl (C=S) groups is 1. The third-order valence-corrected chi connectivity index (χ3v) is 12.4. The summed E-state index contributed by atoms with van der Waals surface area (Å²) in [4.78, 5) is 17.1. The van der Waals surface area contributed by atoms with Crippen LogP contribution in [0.25, 0.3) is 0 Å². The minimum atomic E-state index is -0.614. The first-order chi connectivity index (χ1) is 28.3. The van der Waals surface area contributed by atoms with Gasteiger partial charge in [0, 0.05) is 27.1 Å². The van der Waals surface area contributed by atoms with Crippen LogP contribution in [0.15, 0.2) is 0 Å². The second-order valence-corrected chi connectivity index (χ2v) is 18.2. The first kappa shape index (κ1) is 57.0. The molecule has 2 N–H and O–H groups in total. The molecule has 0 rings (SSSR count). The Balaban J connectivity index is 4.45. The van der Waals surface area contributed by atoms with Crippen molar-refractivity contribution in [2.75, 3.05) is 40.3 Å². The van der Waals surface area contributed by atoms with Crippen molar-refractivity contribution >= 4 is 23.3 Å². The molecule has 7 nitrogen and oxygen atoms in total. The number of nitrogens with zero attached hydrogens (tertiary/aromatic N) is 2. The maximum absolute atomic E-state index is 12.5. The summed E-state index contributed by atoms with van der Waals surface area (Å²) in [5.41, 5.74) is 0. The number of hydrogen-bond donors (Lipinski definition) is 2. The van der Waals surface area contributed by atoms with Crippen LogP contribution >= 0.6 is 12.2 Å². The fourth-order valence-electron chi connectivity index (χ4n) is 7.93. The lowest BCUT2D eigenvalue weighted by molar-refractivity contribution is -0.149. The molecule has 0 amide bonds. The van der Waals surface area contributed by atoms with Crippen molar-refractivity contribution in [1.82, 2.24) is 15.1 Å². The Hall–Kier alpha value is -0.960. The van der Waals surface area contributed by atoms with Gasteiger partial charge in [0.1, 0.15) is 6.10 Å². The SMILES string of the molecule is CCCCCCCCC(CC)OC(=O)CCCCCCCN(CCCCCCCC(O)OC(CCCCCCCC)CCCCCCCC)CCCNC(=S)N(C)C. The summed E-state index contributed by atoms with van der Waals surface area (Å²) in [6.45, 7) is 13.2. The first-order valence-corrected chi connectivity index (χ1v) is 25.9. The maximum Gasteiger partial charge on any atom is 0.306 e.